The number of pyridine rings is 1. The van der Waals surface area contributed by atoms with Gasteiger partial charge in [-0.15, -0.1) is 0 Å². The van der Waals surface area contributed by atoms with Crippen LogP contribution in [0.4, 0.5) is 13.2 Å². The normalized spacial score (nSPS) is 13.4. The van der Waals surface area contributed by atoms with Crippen LogP contribution in [0, 0.1) is 0 Å². The summed E-state index contributed by atoms with van der Waals surface area (Å²) in [6, 6.07) is 15.5. The summed E-state index contributed by atoms with van der Waals surface area (Å²) >= 11 is 6.07. The molecule has 0 aliphatic carbocycles. The molecule has 1 N–H and O–H groups in total. The van der Waals surface area contributed by atoms with Crippen LogP contribution < -0.4 is 5.32 Å². The molecule has 3 nitrogen and oxygen atoms in total. The Bertz CT molecular complexity index is 998. The molecule has 1 aromatic heterocycles. The molecule has 3 aromatic rings. The lowest BCUT2D eigenvalue weighted by Crippen LogP contribution is -2.50. The summed E-state index contributed by atoms with van der Waals surface area (Å²) in [5.41, 5.74) is -0.0859. The maximum Gasteiger partial charge on any atom is 0.391 e. The second kappa shape index (κ2) is 9.05. The second-order valence-electron chi connectivity index (χ2n) is 7.00. The van der Waals surface area contributed by atoms with Crippen molar-refractivity contribution in [3.05, 3.63) is 76.9 Å². The molecule has 0 bridgehead atoms. The molecule has 2 aromatic carbocycles. The molecule has 0 saturated carbocycles. The van der Waals surface area contributed by atoms with Gasteiger partial charge in [0.25, 0.3) is 5.91 Å². The molecule has 0 fully saturated rings. The van der Waals surface area contributed by atoms with Crippen LogP contribution in [0.5, 0.6) is 0 Å². The maximum atomic E-state index is 13.2. The number of nitrogens with one attached hydrogen (secondary N) is 1. The summed E-state index contributed by atoms with van der Waals surface area (Å²) in [5.74, 6) is -0.614. The van der Waals surface area contributed by atoms with E-state index in [2.05, 4.69) is 10.3 Å². The minimum atomic E-state index is -4.42. The van der Waals surface area contributed by atoms with Gasteiger partial charge in [0.2, 0.25) is 0 Å². The molecule has 1 atom stereocenters. The average Bonchev–Trinajstić information content (AvgIpc) is 2.60. The molecule has 3 rings (SSSR count). The minimum absolute atomic E-state index is 0. The Hall–Kier alpha value is -2.25. The van der Waals surface area contributed by atoms with Gasteiger partial charge in [0.15, 0.2) is 0 Å². The number of halogens is 4. The first-order valence-corrected chi connectivity index (χ1v) is 9.00. The topological polar surface area (TPSA) is 42.0 Å². The third-order valence-corrected chi connectivity index (χ3v) is 4.67. The Kier molecular flexibility index (Phi) is 7.19. The van der Waals surface area contributed by atoms with Gasteiger partial charge in [-0.05, 0) is 31.0 Å². The SMILES string of the molecule is C[C@](Cc1ccccc1)(CC(F)(F)F)NC(=O)c1cnc2c(Cl)cccc2c1.S. The van der Waals surface area contributed by atoms with Gasteiger partial charge in [-0.1, -0.05) is 54.1 Å². The van der Waals surface area contributed by atoms with Crippen molar-refractivity contribution in [2.24, 2.45) is 0 Å². The largest absolute Gasteiger partial charge is 0.391 e. The van der Waals surface area contributed by atoms with E-state index < -0.39 is 24.0 Å². The van der Waals surface area contributed by atoms with Crippen LogP contribution in [0.15, 0.2) is 60.8 Å². The van der Waals surface area contributed by atoms with E-state index in [9.17, 15) is 18.0 Å². The van der Waals surface area contributed by atoms with Crippen molar-refractivity contribution in [3.63, 3.8) is 0 Å². The van der Waals surface area contributed by atoms with Gasteiger partial charge in [-0.2, -0.15) is 26.7 Å². The van der Waals surface area contributed by atoms with Gasteiger partial charge >= 0.3 is 6.18 Å². The molecule has 0 spiro atoms. The number of para-hydroxylation sites is 1. The zero-order chi connectivity index (χ0) is 20.4. The van der Waals surface area contributed by atoms with E-state index in [-0.39, 0.29) is 25.5 Å². The molecule has 154 valence electrons. The fraction of sp³-hybridized carbons (Fsp3) is 0.238. The Morgan fingerprint density at radius 3 is 2.45 bits per heavy atom. The Labute approximate surface area is 178 Å². The molecule has 29 heavy (non-hydrogen) atoms. The van der Waals surface area contributed by atoms with E-state index in [0.29, 0.717) is 21.5 Å². The van der Waals surface area contributed by atoms with Gasteiger partial charge in [-0.3, -0.25) is 9.78 Å². The highest BCUT2D eigenvalue weighted by molar-refractivity contribution is 7.59. The van der Waals surface area contributed by atoms with E-state index in [1.165, 1.54) is 13.1 Å². The number of benzene rings is 2. The number of alkyl halides is 3. The number of hydrogen-bond donors (Lipinski definition) is 1. The second-order valence-corrected chi connectivity index (χ2v) is 7.41. The molecule has 8 heteroatoms. The van der Waals surface area contributed by atoms with E-state index >= 15 is 0 Å². The first-order chi connectivity index (χ1) is 13.2. The fourth-order valence-corrected chi connectivity index (χ4v) is 3.46. The minimum Gasteiger partial charge on any atom is -0.346 e. The van der Waals surface area contributed by atoms with E-state index in [4.69, 9.17) is 11.6 Å². The summed E-state index contributed by atoms with van der Waals surface area (Å²) in [6.07, 6.45) is -4.20. The van der Waals surface area contributed by atoms with Gasteiger partial charge < -0.3 is 5.32 Å². The highest BCUT2D eigenvalue weighted by atomic mass is 35.5. The van der Waals surface area contributed by atoms with Crippen molar-refractivity contribution in [2.75, 3.05) is 0 Å². The summed E-state index contributed by atoms with van der Waals surface area (Å²) in [5, 5.41) is 3.64. The van der Waals surface area contributed by atoms with Crippen LogP contribution >= 0.6 is 25.1 Å². The summed E-state index contributed by atoms with van der Waals surface area (Å²) < 4.78 is 39.5. The van der Waals surface area contributed by atoms with Gasteiger partial charge in [-0.25, -0.2) is 0 Å². The van der Waals surface area contributed by atoms with E-state index in [1.54, 1.807) is 54.6 Å². The van der Waals surface area contributed by atoms with Gasteiger partial charge in [0, 0.05) is 11.6 Å². The predicted molar refractivity (Wildman–Crippen MR) is 114 cm³/mol. The monoisotopic (exact) mass is 440 g/mol. The Morgan fingerprint density at radius 2 is 1.79 bits per heavy atom. The van der Waals surface area contributed by atoms with Gasteiger partial charge in [0.1, 0.15) is 0 Å². The summed E-state index contributed by atoms with van der Waals surface area (Å²) in [6.45, 7) is 1.40. The lowest BCUT2D eigenvalue weighted by atomic mass is 9.88. The predicted octanol–water partition coefficient (Wildman–Crippen LogP) is 5.68. The first kappa shape index (κ1) is 23.0. The van der Waals surface area contributed by atoms with Crippen molar-refractivity contribution in [2.45, 2.75) is 31.5 Å². The lowest BCUT2D eigenvalue weighted by molar-refractivity contribution is -0.147. The molecule has 0 unspecified atom stereocenters. The van der Waals surface area contributed by atoms with Crippen LogP contribution in [-0.2, 0) is 6.42 Å². The number of hydrogen-bond acceptors (Lipinski definition) is 2. The van der Waals surface area contributed by atoms with Crippen LogP contribution in [0.25, 0.3) is 10.9 Å². The van der Waals surface area contributed by atoms with E-state index in [1.807, 2.05) is 0 Å². The molecular weight excluding hydrogens is 421 g/mol. The number of aromatic nitrogens is 1. The highest BCUT2D eigenvalue weighted by Gasteiger charge is 2.40. The zero-order valence-corrected chi connectivity index (χ0v) is 17.3. The fourth-order valence-electron chi connectivity index (χ4n) is 3.23. The van der Waals surface area contributed by atoms with Crippen LogP contribution in [0.3, 0.4) is 0 Å². The first-order valence-electron chi connectivity index (χ1n) is 8.63. The third-order valence-electron chi connectivity index (χ3n) is 4.37. The average molecular weight is 441 g/mol. The van der Waals surface area contributed by atoms with Crippen molar-refractivity contribution in [1.82, 2.24) is 10.3 Å². The van der Waals surface area contributed by atoms with Crippen molar-refractivity contribution < 1.29 is 18.0 Å². The molecule has 0 aliphatic rings. The molecular formula is C21H20ClF3N2OS. The zero-order valence-electron chi connectivity index (χ0n) is 15.6. The number of amides is 1. The maximum absolute atomic E-state index is 13.2. The van der Waals surface area contributed by atoms with Crippen LogP contribution in [0.2, 0.25) is 5.02 Å². The quantitative estimate of drug-likeness (QED) is 0.554. The highest BCUT2D eigenvalue weighted by Crippen LogP contribution is 2.30. The van der Waals surface area contributed by atoms with Crippen LogP contribution in [0.1, 0.15) is 29.3 Å². The molecule has 1 heterocycles. The summed E-state index contributed by atoms with van der Waals surface area (Å²) in [7, 11) is 0. The smallest absolute Gasteiger partial charge is 0.346 e. The van der Waals surface area contributed by atoms with Crippen molar-refractivity contribution in [1.29, 1.82) is 0 Å². The number of fused-ring (bicyclic) bond motifs is 1. The lowest BCUT2D eigenvalue weighted by Gasteiger charge is -2.32. The molecule has 1 amide bonds. The number of carbonyl (C=O) groups excluding carboxylic acids is 1. The van der Waals surface area contributed by atoms with Crippen LogP contribution in [-0.4, -0.2) is 22.6 Å². The molecule has 0 radical (unpaired) electrons. The number of carbonyl (C=O) groups is 1. The number of rotatable bonds is 5. The molecule has 0 aliphatic heterocycles. The summed E-state index contributed by atoms with van der Waals surface area (Å²) in [4.78, 5) is 16.9. The third kappa shape index (κ3) is 6.11. The Morgan fingerprint density at radius 1 is 1.10 bits per heavy atom. The van der Waals surface area contributed by atoms with Gasteiger partial charge in [0.05, 0.1) is 28.1 Å². The molecule has 0 saturated heterocycles. The van der Waals surface area contributed by atoms with Crippen molar-refractivity contribution >= 4 is 41.9 Å². The standard InChI is InChI=1S/C21H18ClF3N2O.H2S/c1-20(13-21(23,24)25,11-14-6-3-2-4-7-14)27-19(28)16-10-15-8-5-9-17(22)18(15)26-12-16;/h2-10,12H,11,13H2,1H3,(H,27,28);1H2/t20-;/m0./s1. The Balaban J connectivity index is 0.00000300. The number of nitrogens with zero attached hydrogens (tertiary/aromatic N) is 1. The van der Waals surface area contributed by atoms with Crippen molar-refractivity contribution in [3.8, 4) is 0 Å². The van der Waals surface area contributed by atoms with E-state index in [0.717, 1.165) is 0 Å².